The summed E-state index contributed by atoms with van der Waals surface area (Å²) >= 11 is 1.64. The fourth-order valence-corrected chi connectivity index (χ4v) is 7.97. The minimum Gasteiger partial charge on any atom is -0.480 e. The molecule has 2 aliphatic heterocycles. The van der Waals surface area contributed by atoms with E-state index in [1.165, 1.54) is 23.1 Å². The van der Waals surface area contributed by atoms with Gasteiger partial charge < -0.3 is 10.0 Å². The van der Waals surface area contributed by atoms with Crippen molar-refractivity contribution in [1.29, 1.82) is 0 Å². The monoisotopic (exact) mass is 615 g/mol. The molecule has 2 aromatic carbocycles. The van der Waals surface area contributed by atoms with Gasteiger partial charge in [0.25, 0.3) is 0 Å². The largest absolute Gasteiger partial charge is 0.480 e. The zero-order valence-electron chi connectivity index (χ0n) is 24.0. The lowest BCUT2D eigenvalue weighted by Gasteiger charge is -2.34. The van der Waals surface area contributed by atoms with Crippen LogP contribution in [-0.2, 0) is 17.4 Å². The molecule has 1 aromatic heterocycles. The molecule has 6 rings (SSSR count). The number of thiazole rings is 1. The van der Waals surface area contributed by atoms with Crippen LogP contribution in [0.3, 0.4) is 0 Å². The summed E-state index contributed by atoms with van der Waals surface area (Å²) in [6, 6.07) is 11.6. The van der Waals surface area contributed by atoms with Crippen LogP contribution in [0.2, 0.25) is 0 Å². The van der Waals surface area contributed by atoms with Crippen LogP contribution < -0.4 is 0 Å². The van der Waals surface area contributed by atoms with Gasteiger partial charge in [0.15, 0.2) is 0 Å². The van der Waals surface area contributed by atoms with E-state index in [4.69, 9.17) is 0 Å². The van der Waals surface area contributed by atoms with Crippen LogP contribution in [0.4, 0.5) is 17.6 Å². The van der Waals surface area contributed by atoms with Crippen molar-refractivity contribution in [3.63, 3.8) is 0 Å². The summed E-state index contributed by atoms with van der Waals surface area (Å²) in [6.07, 6.45) is 2.99. The smallest absolute Gasteiger partial charge is 0.416 e. The first kappa shape index (κ1) is 30.2. The molecule has 0 unspecified atom stereocenters. The van der Waals surface area contributed by atoms with Gasteiger partial charge in [0.05, 0.1) is 10.6 Å². The molecule has 3 aliphatic rings. The zero-order chi connectivity index (χ0) is 30.1. The van der Waals surface area contributed by atoms with Gasteiger partial charge in [-0.25, -0.2) is 9.37 Å². The molecule has 0 bridgehead atoms. The van der Waals surface area contributed by atoms with Gasteiger partial charge in [0, 0.05) is 43.0 Å². The van der Waals surface area contributed by atoms with E-state index in [9.17, 15) is 27.5 Å². The summed E-state index contributed by atoms with van der Waals surface area (Å²) in [5.41, 5.74) is 1.11. The van der Waals surface area contributed by atoms with Crippen molar-refractivity contribution < 1.29 is 27.5 Å². The van der Waals surface area contributed by atoms with Gasteiger partial charge in [0.2, 0.25) is 0 Å². The lowest BCUT2D eigenvalue weighted by molar-refractivity contribution is -0.143. The molecule has 1 saturated carbocycles. The van der Waals surface area contributed by atoms with Crippen molar-refractivity contribution in [3.8, 4) is 0 Å². The highest BCUT2D eigenvalue weighted by atomic mass is 32.1. The van der Waals surface area contributed by atoms with Crippen molar-refractivity contribution >= 4 is 17.3 Å². The Kier molecular flexibility index (Phi) is 8.89. The second-order valence-corrected chi connectivity index (χ2v) is 13.7. The third-order valence-electron chi connectivity index (χ3n) is 9.42. The van der Waals surface area contributed by atoms with Crippen molar-refractivity contribution in [1.82, 2.24) is 14.8 Å². The van der Waals surface area contributed by atoms with E-state index < -0.39 is 23.8 Å². The number of aromatic nitrogens is 1. The van der Waals surface area contributed by atoms with E-state index in [0.717, 1.165) is 73.6 Å². The second-order valence-electron chi connectivity index (χ2n) is 12.5. The summed E-state index contributed by atoms with van der Waals surface area (Å²) < 4.78 is 52.8. The molecular weight excluding hydrogens is 578 g/mol. The second kappa shape index (κ2) is 12.7. The lowest BCUT2D eigenvalue weighted by Crippen LogP contribution is -2.41. The Labute approximate surface area is 253 Å². The maximum atomic E-state index is 14.2. The van der Waals surface area contributed by atoms with Crippen LogP contribution in [0.15, 0.2) is 54.7 Å². The molecule has 230 valence electrons. The maximum Gasteiger partial charge on any atom is 0.416 e. The third kappa shape index (κ3) is 7.46. The van der Waals surface area contributed by atoms with Gasteiger partial charge >= 0.3 is 12.1 Å². The van der Waals surface area contributed by atoms with Crippen LogP contribution >= 0.6 is 11.3 Å². The Morgan fingerprint density at radius 3 is 2.44 bits per heavy atom. The number of carbonyl (C=O) groups is 1. The Morgan fingerprint density at radius 1 is 1.05 bits per heavy atom. The fraction of sp³-hybridized carbons (Fsp3) is 0.515. The number of hydrogen-bond donors (Lipinski definition) is 1. The predicted molar refractivity (Wildman–Crippen MR) is 158 cm³/mol. The Morgan fingerprint density at radius 2 is 1.79 bits per heavy atom. The number of aliphatic carboxylic acids is 1. The van der Waals surface area contributed by atoms with E-state index >= 15 is 0 Å². The average Bonchev–Trinajstić information content (AvgIpc) is 3.52. The van der Waals surface area contributed by atoms with Crippen LogP contribution in [0.5, 0.6) is 0 Å². The molecule has 1 N–H and O–H groups in total. The van der Waals surface area contributed by atoms with Crippen molar-refractivity contribution in [2.75, 3.05) is 32.7 Å². The first-order valence-electron chi connectivity index (χ1n) is 15.2. The summed E-state index contributed by atoms with van der Waals surface area (Å²) in [7, 11) is 0. The lowest BCUT2D eigenvalue weighted by atomic mass is 9.87. The number of halogens is 4. The zero-order valence-corrected chi connectivity index (χ0v) is 24.8. The predicted octanol–water partition coefficient (Wildman–Crippen LogP) is 7.04. The van der Waals surface area contributed by atoms with Gasteiger partial charge in [0.1, 0.15) is 11.9 Å². The van der Waals surface area contributed by atoms with Gasteiger partial charge in [-0.3, -0.25) is 9.69 Å². The topological polar surface area (TPSA) is 56.7 Å². The van der Waals surface area contributed by atoms with E-state index in [2.05, 4.69) is 14.8 Å². The van der Waals surface area contributed by atoms with Crippen molar-refractivity contribution in [2.24, 2.45) is 11.8 Å². The van der Waals surface area contributed by atoms with Gasteiger partial charge in [-0.05, 0) is 85.5 Å². The molecule has 3 atom stereocenters. The number of carboxylic acids is 1. The minimum atomic E-state index is -4.34. The summed E-state index contributed by atoms with van der Waals surface area (Å²) in [6.45, 7) is 4.03. The summed E-state index contributed by atoms with van der Waals surface area (Å²) in [4.78, 5) is 22.6. The van der Waals surface area contributed by atoms with E-state index in [-0.39, 0.29) is 17.7 Å². The van der Waals surface area contributed by atoms with E-state index in [1.54, 1.807) is 23.5 Å². The van der Waals surface area contributed by atoms with Crippen molar-refractivity contribution in [3.05, 3.63) is 87.1 Å². The quantitative estimate of drug-likeness (QED) is 0.248. The molecule has 43 heavy (non-hydrogen) atoms. The fourth-order valence-electron chi connectivity index (χ4n) is 6.85. The van der Waals surface area contributed by atoms with Gasteiger partial charge in [-0.1, -0.05) is 37.1 Å². The molecule has 0 amide bonds. The number of alkyl halides is 3. The molecule has 0 spiro atoms. The molecule has 1 aliphatic carbocycles. The number of benzene rings is 2. The molecule has 10 heteroatoms. The number of nitrogens with zero attached hydrogens (tertiary/aromatic N) is 3. The number of piperidine rings is 1. The molecular formula is C33H37F4N3O2S. The van der Waals surface area contributed by atoms with Crippen molar-refractivity contribution in [2.45, 2.75) is 62.6 Å². The SMILES string of the molecule is O=C(O)[C@@H](CC1CC1)N1C[C@H](CN2CCC(c3cnc(Cc4ccc(C(F)(F)F)cc4)s3)CC2)[C@@H](c2cccc(F)c2)C1. The maximum absolute atomic E-state index is 14.2. The van der Waals surface area contributed by atoms with Crippen LogP contribution in [0.25, 0.3) is 0 Å². The number of hydrogen-bond acceptors (Lipinski definition) is 5. The highest BCUT2D eigenvalue weighted by molar-refractivity contribution is 7.11. The van der Waals surface area contributed by atoms with Gasteiger partial charge in [-0.15, -0.1) is 11.3 Å². The van der Waals surface area contributed by atoms with Crippen LogP contribution in [0.1, 0.15) is 70.5 Å². The van der Waals surface area contributed by atoms with E-state index in [1.807, 2.05) is 12.3 Å². The first-order chi connectivity index (χ1) is 20.6. The molecule has 5 nitrogen and oxygen atoms in total. The van der Waals surface area contributed by atoms with E-state index in [0.29, 0.717) is 37.8 Å². The normalized spacial score (nSPS) is 23.1. The van der Waals surface area contributed by atoms with Gasteiger partial charge in [-0.2, -0.15) is 13.2 Å². The third-order valence-corrected chi connectivity index (χ3v) is 10.6. The van der Waals surface area contributed by atoms with Crippen LogP contribution in [-0.4, -0.2) is 64.6 Å². The minimum absolute atomic E-state index is 0.0868. The Balaban J connectivity index is 1.07. The highest BCUT2D eigenvalue weighted by Gasteiger charge is 2.42. The molecule has 0 radical (unpaired) electrons. The molecule has 2 saturated heterocycles. The molecule has 3 aromatic rings. The standard InChI is InChI=1S/C33H37F4N3O2S/c34-27-3-1-2-24(16-27)28-20-40(29(32(41)42)14-21-4-5-21)19-25(28)18-39-12-10-23(11-13-39)30-17-38-31(43-30)15-22-6-8-26(9-7-22)33(35,36)37/h1-3,6-9,16-17,21,23,25,28-29H,4-5,10-15,18-20H2,(H,41,42)/t25-,28+,29+/m0/s1. The number of likely N-dealkylation sites (tertiary alicyclic amines) is 2. The molecule has 3 fully saturated rings. The number of carboxylic acid groups (broad SMARTS) is 1. The summed E-state index contributed by atoms with van der Waals surface area (Å²) in [5.74, 6) is 0.194. The molecule has 3 heterocycles. The number of rotatable bonds is 10. The van der Waals surface area contributed by atoms with Crippen LogP contribution in [0, 0.1) is 17.7 Å². The summed E-state index contributed by atoms with van der Waals surface area (Å²) in [5, 5.41) is 10.9. The highest BCUT2D eigenvalue weighted by Crippen LogP contribution is 2.40. The average molecular weight is 616 g/mol. The Hall–Kier alpha value is -2.82. The first-order valence-corrected chi connectivity index (χ1v) is 16.0. The Bertz CT molecular complexity index is 1400.